The van der Waals surface area contributed by atoms with Crippen LogP contribution in [0.2, 0.25) is 0 Å². The van der Waals surface area contributed by atoms with E-state index < -0.39 is 10.0 Å². The van der Waals surface area contributed by atoms with Gasteiger partial charge in [0.15, 0.2) is 0 Å². The number of benzene rings is 1. The third kappa shape index (κ3) is 4.53. The summed E-state index contributed by atoms with van der Waals surface area (Å²) in [4.78, 5) is 12.3. The van der Waals surface area contributed by atoms with Gasteiger partial charge >= 0.3 is 0 Å². The molecule has 2 rings (SSSR count). The van der Waals surface area contributed by atoms with Gasteiger partial charge in [-0.2, -0.15) is 4.31 Å². The van der Waals surface area contributed by atoms with Crippen molar-refractivity contribution in [2.75, 3.05) is 26.7 Å². The maximum Gasteiger partial charge on any atom is 0.251 e. The molecule has 6 nitrogen and oxygen atoms in total. The predicted molar refractivity (Wildman–Crippen MR) is 89.9 cm³/mol. The highest BCUT2D eigenvalue weighted by Crippen LogP contribution is 2.20. The van der Waals surface area contributed by atoms with E-state index in [0.29, 0.717) is 25.2 Å². The van der Waals surface area contributed by atoms with E-state index in [1.165, 1.54) is 16.4 Å². The summed E-state index contributed by atoms with van der Waals surface area (Å²) in [6.45, 7) is 3.64. The maximum absolute atomic E-state index is 12.5. The summed E-state index contributed by atoms with van der Waals surface area (Å²) in [6, 6.07) is 6.34. The fraction of sp³-hybridized carbons (Fsp3) is 0.562. The number of piperidine rings is 1. The quantitative estimate of drug-likeness (QED) is 0.816. The second-order valence-corrected chi connectivity index (χ2v) is 7.83. The van der Waals surface area contributed by atoms with Gasteiger partial charge in [0.1, 0.15) is 0 Å². The zero-order chi connectivity index (χ0) is 16.9. The van der Waals surface area contributed by atoms with Crippen molar-refractivity contribution in [2.24, 2.45) is 0 Å². The van der Waals surface area contributed by atoms with Gasteiger partial charge in [0.2, 0.25) is 10.0 Å². The van der Waals surface area contributed by atoms with E-state index in [4.69, 9.17) is 0 Å². The van der Waals surface area contributed by atoms with Crippen molar-refractivity contribution in [3.8, 4) is 0 Å². The lowest BCUT2D eigenvalue weighted by molar-refractivity contribution is 0.0950. The second-order valence-electron chi connectivity index (χ2n) is 5.89. The van der Waals surface area contributed by atoms with Gasteiger partial charge < -0.3 is 10.6 Å². The highest BCUT2D eigenvalue weighted by Gasteiger charge is 2.25. The molecule has 1 saturated heterocycles. The largest absolute Gasteiger partial charge is 0.350 e. The minimum absolute atomic E-state index is 0.178. The topological polar surface area (TPSA) is 78.5 Å². The molecule has 1 fully saturated rings. The van der Waals surface area contributed by atoms with Crippen molar-refractivity contribution in [2.45, 2.75) is 37.1 Å². The van der Waals surface area contributed by atoms with Crippen molar-refractivity contribution < 1.29 is 13.2 Å². The Hall–Kier alpha value is -1.44. The molecule has 1 aliphatic heterocycles. The first-order valence-electron chi connectivity index (χ1n) is 8.01. The van der Waals surface area contributed by atoms with Crippen LogP contribution >= 0.6 is 0 Å². The molecule has 0 saturated carbocycles. The van der Waals surface area contributed by atoms with E-state index in [0.717, 1.165) is 19.3 Å². The first kappa shape index (κ1) is 17.9. The number of likely N-dealkylation sites (N-methyl/N-ethyl adjacent to an activating group) is 1. The predicted octanol–water partition coefficient (Wildman–Crippen LogP) is 1.20. The summed E-state index contributed by atoms with van der Waals surface area (Å²) < 4.78 is 26.6. The van der Waals surface area contributed by atoms with Crippen LogP contribution in [-0.4, -0.2) is 51.4 Å². The van der Waals surface area contributed by atoms with Crippen LogP contribution in [0.3, 0.4) is 0 Å². The van der Waals surface area contributed by atoms with Crippen LogP contribution in [0, 0.1) is 0 Å². The lowest BCUT2D eigenvalue weighted by Crippen LogP contribution is -2.37. The fourth-order valence-corrected chi connectivity index (χ4v) is 4.00. The van der Waals surface area contributed by atoms with Gasteiger partial charge in [-0.15, -0.1) is 0 Å². The van der Waals surface area contributed by atoms with Crippen LogP contribution < -0.4 is 10.6 Å². The molecule has 1 atom stereocenters. The Kier molecular flexibility index (Phi) is 6.15. The molecule has 0 bridgehead atoms. The average Bonchev–Trinajstić information content (AvgIpc) is 2.60. The van der Waals surface area contributed by atoms with Gasteiger partial charge in [0.05, 0.1) is 4.90 Å². The number of hydrogen-bond acceptors (Lipinski definition) is 4. The Labute approximate surface area is 138 Å². The van der Waals surface area contributed by atoms with E-state index in [1.807, 2.05) is 14.0 Å². The average molecular weight is 339 g/mol. The van der Waals surface area contributed by atoms with Crippen molar-refractivity contribution in [1.82, 2.24) is 14.9 Å². The molecule has 1 aromatic carbocycles. The van der Waals surface area contributed by atoms with Crippen molar-refractivity contribution in [3.63, 3.8) is 0 Å². The van der Waals surface area contributed by atoms with Crippen molar-refractivity contribution >= 4 is 15.9 Å². The normalized spacial score (nSPS) is 17.7. The smallest absolute Gasteiger partial charge is 0.251 e. The number of nitrogens with one attached hydrogen (secondary N) is 2. The van der Waals surface area contributed by atoms with Crippen LogP contribution in [0.15, 0.2) is 29.2 Å². The van der Waals surface area contributed by atoms with Gasteiger partial charge in [-0.05, 0) is 51.1 Å². The molecule has 0 aromatic heterocycles. The highest BCUT2D eigenvalue weighted by atomic mass is 32.2. The molecule has 0 spiro atoms. The minimum atomic E-state index is -3.44. The maximum atomic E-state index is 12.5. The molecule has 23 heavy (non-hydrogen) atoms. The molecule has 2 N–H and O–H groups in total. The minimum Gasteiger partial charge on any atom is -0.350 e. The number of sulfonamides is 1. The Morgan fingerprint density at radius 1 is 1.17 bits per heavy atom. The van der Waals surface area contributed by atoms with Gasteiger partial charge in [0.25, 0.3) is 5.91 Å². The van der Waals surface area contributed by atoms with E-state index in [9.17, 15) is 13.2 Å². The summed E-state index contributed by atoms with van der Waals surface area (Å²) >= 11 is 0. The van der Waals surface area contributed by atoms with Gasteiger partial charge in [-0.25, -0.2) is 8.42 Å². The van der Waals surface area contributed by atoms with Crippen LogP contribution in [-0.2, 0) is 10.0 Å². The summed E-state index contributed by atoms with van der Waals surface area (Å²) in [5, 5.41) is 5.85. The Morgan fingerprint density at radius 2 is 1.78 bits per heavy atom. The van der Waals surface area contributed by atoms with E-state index in [-0.39, 0.29) is 16.8 Å². The fourth-order valence-electron chi connectivity index (χ4n) is 2.48. The van der Waals surface area contributed by atoms with E-state index in [1.54, 1.807) is 12.1 Å². The molecule has 128 valence electrons. The Morgan fingerprint density at radius 3 is 2.35 bits per heavy atom. The number of carbonyl (C=O) groups is 1. The number of rotatable bonds is 6. The monoisotopic (exact) mass is 339 g/mol. The lowest BCUT2D eigenvalue weighted by Gasteiger charge is -2.25. The first-order chi connectivity index (χ1) is 10.9. The van der Waals surface area contributed by atoms with Crippen molar-refractivity contribution in [3.05, 3.63) is 29.8 Å². The van der Waals surface area contributed by atoms with Gasteiger partial charge in [-0.3, -0.25) is 4.79 Å². The summed E-state index contributed by atoms with van der Waals surface area (Å²) in [7, 11) is -1.61. The molecular weight excluding hydrogens is 314 g/mol. The van der Waals surface area contributed by atoms with Crippen LogP contribution in [0.1, 0.15) is 36.5 Å². The molecule has 1 amide bonds. The van der Waals surface area contributed by atoms with Crippen LogP contribution in [0.5, 0.6) is 0 Å². The zero-order valence-corrected chi connectivity index (χ0v) is 14.5. The SMILES string of the molecule is CNC(C)CNC(=O)c1ccc(S(=O)(=O)N2CCCCC2)cc1. The summed E-state index contributed by atoms with van der Waals surface area (Å²) in [6.07, 6.45) is 2.89. The standard InChI is InChI=1S/C16H25N3O3S/c1-13(17-2)12-18-16(20)14-6-8-15(9-7-14)23(21,22)19-10-4-3-5-11-19/h6-9,13,17H,3-5,10-12H2,1-2H3,(H,18,20). The van der Waals surface area contributed by atoms with Crippen LogP contribution in [0.25, 0.3) is 0 Å². The summed E-state index contributed by atoms with van der Waals surface area (Å²) in [5.74, 6) is -0.200. The number of hydrogen-bond donors (Lipinski definition) is 2. The lowest BCUT2D eigenvalue weighted by atomic mass is 10.2. The molecule has 1 heterocycles. The van der Waals surface area contributed by atoms with Crippen molar-refractivity contribution in [1.29, 1.82) is 0 Å². The second kappa shape index (κ2) is 7.90. The number of nitrogens with zero attached hydrogens (tertiary/aromatic N) is 1. The Bertz CT molecular complexity index is 622. The van der Waals surface area contributed by atoms with E-state index >= 15 is 0 Å². The van der Waals surface area contributed by atoms with E-state index in [2.05, 4.69) is 10.6 Å². The molecule has 7 heteroatoms. The molecule has 0 aliphatic carbocycles. The Balaban J connectivity index is 2.05. The molecule has 0 radical (unpaired) electrons. The zero-order valence-electron chi connectivity index (χ0n) is 13.7. The van der Waals surface area contributed by atoms with Gasteiger partial charge in [-0.1, -0.05) is 6.42 Å². The molecule has 1 aliphatic rings. The number of amides is 1. The molecule has 1 aromatic rings. The molecule has 1 unspecified atom stereocenters. The number of carbonyl (C=O) groups excluding carboxylic acids is 1. The molecular formula is C16H25N3O3S. The first-order valence-corrected chi connectivity index (χ1v) is 9.45. The van der Waals surface area contributed by atoms with Crippen LogP contribution in [0.4, 0.5) is 0 Å². The van der Waals surface area contributed by atoms with Gasteiger partial charge in [0, 0.05) is 31.2 Å². The highest BCUT2D eigenvalue weighted by molar-refractivity contribution is 7.89. The summed E-state index contributed by atoms with van der Waals surface area (Å²) in [5.41, 5.74) is 0.464. The third-order valence-electron chi connectivity index (χ3n) is 4.13. The third-order valence-corrected chi connectivity index (χ3v) is 6.04.